The summed E-state index contributed by atoms with van der Waals surface area (Å²) in [6.45, 7) is 10.7. The highest BCUT2D eigenvalue weighted by Crippen LogP contribution is 2.42. The van der Waals surface area contributed by atoms with Crippen LogP contribution in [-0.2, 0) is 29.7 Å². The van der Waals surface area contributed by atoms with E-state index in [1.807, 2.05) is 31.2 Å². The van der Waals surface area contributed by atoms with E-state index in [2.05, 4.69) is 51.6 Å². The third-order valence-electron chi connectivity index (χ3n) is 7.36. The van der Waals surface area contributed by atoms with Gasteiger partial charge in [-0.15, -0.1) is 22.1 Å². The van der Waals surface area contributed by atoms with Gasteiger partial charge in [0.25, 0.3) is 0 Å². The number of tetrazole rings is 1. The van der Waals surface area contributed by atoms with Crippen LogP contribution in [0.25, 0.3) is 0 Å². The standard InChI is InChI=1S/C29H36N8O4.BrH/c1-6-40-24-12-19-14-37(28(30)20(19)9-18(24)13-26(39)31-5)15-23(38)17-10-21(29(2,3)4)27-22(11-17)36(7-8-41-27)16-25-32-34-35-33-25;/h9-12,30H,6-8,13-16H2,1-5H3,(H,31,39)(H,32,33,34,35);1H. The molecule has 3 N–H and O–H groups in total. The Balaban J connectivity index is 0.00000405. The molecule has 3 heterocycles. The normalized spacial score (nSPS) is 14.1. The number of amidine groups is 1. The summed E-state index contributed by atoms with van der Waals surface area (Å²) in [7, 11) is 1.59. The Bertz CT molecular complexity index is 1490. The van der Waals surface area contributed by atoms with Crippen molar-refractivity contribution in [2.24, 2.45) is 0 Å². The molecule has 42 heavy (non-hydrogen) atoms. The number of rotatable bonds is 9. The molecule has 12 nitrogen and oxygen atoms in total. The number of nitrogens with zero attached hydrogens (tertiary/aromatic N) is 5. The number of fused-ring (bicyclic) bond motifs is 2. The predicted octanol–water partition coefficient (Wildman–Crippen LogP) is 3.19. The van der Waals surface area contributed by atoms with E-state index in [-0.39, 0.29) is 52.9 Å². The monoisotopic (exact) mass is 640 g/mol. The Labute approximate surface area is 255 Å². The number of H-pyrrole nitrogens is 1. The van der Waals surface area contributed by atoms with Gasteiger partial charge in [-0.25, -0.2) is 5.10 Å². The van der Waals surface area contributed by atoms with Gasteiger partial charge in [0.15, 0.2) is 11.6 Å². The molecule has 0 fully saturated rings. The molecular formula is C29H37BrN8O4. The summed E-state index contributed by atoms with van der Waals surface area (Å²) in [5.74, 6) is 2.03. The summed E-state index contributed by atoms with van der Waals surface area (Å²) in [5.41, 5.74) is 4.37. The summed E-state index contributed by atoms with van der Waals surface area (Å²) in [6.07, 6.45) is 0.152. The van der Waals surface area contributed by atoms with Gasteiger partial charge in [-0.1, -0.05) is 20.8 Å². The smallest absolute Gasteiger partial charge is 0.224 e. The number of ketones is 1. The van der Waals surface area contributed by atoms with Crippen LogP contribution in [0.5, 0.6) is 11.5 Å². The minimum absolute atomic E-state index is 0. The molecule has 0 saturated carbocycles. The maximum Gasteiger partial charge on any atom is 0.224 e. The predicted molar refractivity (Wildman–Crippen MR) is 163 cm³/mol. The van der Waals surface area contributed by atoms with Gasteiger partial charge in [-0.2, -0.15) is 0 Å². The van der Waals surface area contributed by atoms with Crippen molar-refractivity contribution in [1.29, 1.82) is 5.41 Å². The number of hydrogen-bond donors (Lipinski definition) is 3. The summed E-state index contributed by atoms with van der Waals surface area (Å²) < 4.78 is 11.9. The Hall–Kier alpha value is -4.00. The van der Waals surface area contributed by atoms with Crippen LogP contribution in [0.2, 0.25) is 0 Å². The zero-order valence-electron chi connectivity index (χ0n) is 24.5. The van der Waals surface area contributed by atoms with Crippen molar-refractivity contribution < 1.29 is 19.1 Å². The highest BCUT2D eigenvalue weighted by Gasteiger charge is 2.32. The van der Waals surface area contributed by atoms with Crippen LogP contribution < -0.4 is 19.7 Å². The molecule has 0 atom stereocenters. The number of halogens is 1. The van der Waals surface area contributed by atoms with Crippen molar-refractivity contribution in [1.82, 2.24) is 30.8 Å². The van der Waals surface area contributed by atoms with E-state index in [9.17, 15) is 9.59 Å². The van der Waals surface area contributed by atoms with E-state index in [0.29, 0.717) is 55.5 Å². The molecule has 2 aliphatic heterocycles. The number of Topliss-reactive ketones (excluding diaryl/α,β-unsaturated/α-hetero) is 1. The zero-order valence-corrected chi connectivity index (χ0v) is 26.2. The highest BCUT2D eigenvalue weighted by atomic mass is 79.9. The molecule has 3 aromatic rings. The minimum Gasteiger partial charge on any atom is -0.494 e. The number of aromatic amines is 1. The number of nitrogens with one attached hydrogen (secondary N) is 3. The van der Waals surface area contributed by atoms with Crippen molar-refractivity contribution in [3.8, 4) is 11.5 Å². The fraction of sp³-hybridized carbons (Fsp3) is 0.448. The molecule has 2 aliphatic rings. The third-order valence-corrected chi connectivity index (χ3v) is 7.36. The van der Waals surface area contributed by atoms with Crippen molar-refractivity contribution in [2.75, 3.05) is 38.3 Å². The number of amides is 1. The fourth-order valence-corrected chi connectivity index (χ4v) is 5.25. The van der Waals surface area contributed by atoms with Crippen LogP contribution in [0.15, 0.2) is 24.3 Å². The van der Waals surface area contributed by atoms with E-state index in [1.165, 1.54) is 0 Å². The first-order valence-electron chi connectivity index (χ1n) is 13.7. The van der Waals surface area contributed by atoms with Crippen LogP contribution in [0, 0.1) is 5.41 Å². The van der Waals surface area contributed by atoms with E-state index in [4.69, 9.17) is 14.9 Å². The summed E-state index contributed by atoms with van der Waals surface area (Å²) in [4.78, 5) is 29.8. The fourth-order valence-electron chi connectivity index (χ4n) is 5.25. The Kier molecular flexibility index (Phi) is 9.19. The number of ether oxygens (including phenoxy) is 2. The molecule has 0 aliphatic carbocycles. The van der Waals surface area contributed by atoms with E-state index >= 15 is 0 Å². The first kappa shape index (κ1) is 30.9. The molecule has 1 amide bonds. The maximum atomic E-state index is 13.8. The number of carbonyl (C=O) groups is 2. The molecule has 2 aromatic carbocycles. The first-order chi connectivity index (χ1) is 19.6. The van der Waals surface area contributed by atoms with Gasteiger partial charge >= 0.3 is 0 Å². The molecule has 13 heteroatoms. The Morgan fingerprint density at radius 2 is 1.98 bits per heavy atom. The Morgan fingerprint density at radius 1 is 1.19 bits per heavy atom. The number of anilines is 1. The number of likely N-dealkylation sites (N-methyl/N-ethyl adjacent to an activating group) is 1. The number of benzene rings is 2. The van der Waals surface area contributed by atoms with Gasteiger partial charge < -0.3 is 24.6 Å². The Morgan fingerprint density at radius 3 is 2.64 bits per heavy atom. The number of carbonyl (C=O) groups excluding carboxylic acids is 2. The van der Waals surface area contributed by atoms with Gasteiger partial charge in [0.2, 0.25) is 5.91 Å². The molecule has 1 aromatic heterocycles. The molecule has 0 radical (unpaired) electrons. The van der Waals surface area contributed by atoms with Crippen LogP contribution in [0.4, 0.5) is 5.69 Å². The van der Waals surface area contributed by atoms with Crippen LogP contribution >= 0.6 is 17.0 Å². The second-order valence-corrected chi connectivity index (χ2v) is 11.3. The van der Waals surface area contributed by atoms with Gasteiger partial charge in [-0.3, -0.25) is 15.0 Å². The first-order valence-corrected chi connectivity index (χ1v) is 13.7. The molecule has 5 rings (SSSR count). The maximum absolute atomic E-state index is 13.8. The molecular weight excluding hydrogens is 604 g/mol. The molecule has 0 spiro atoms. The van der Waals surface area contributed by atoms with Crippen LogP contribution in [-0.4, -0.2) is 76.4 Å². The zero-order chi connectivity index (χ0) is 29.3. The lowest BCUT2D eigenvalue weighted by Crippen LogP contribution is -2.35. The molecule has 0 bridgehead atoms. The SMILES string of the molecule is Br.CCOc1cc2c(cc1CC(=O)NC)C(=N)N(CC(=O)c1cc3c(c(C(C)(C)C)c1)OCCN3Cc1nnn[nH]1)C2. The van der Waals surface area contributed by atoms with Crippen LogP contribution in [0.3, 0.4) is 0 Å². The molecule has 224 valence electrons. The van der Waals surface area contributed by atoms with E-state index < -0.39 is 0 Å². The van der Waals surface area contributed by atoms with Gasteiger partial charge in [0.1, 0.15) is 23.9 Å². The minimum atomic E-state index is -0.273. The molecule has 0 saturated heterocycles. The van der Waals surface area contributed by atoms with Crippen LogP contribution in [0.1, 0.15) is 66.1 Å². The lowest BCUT2D eigenvalue weighted by Gasteiger charge is -2.35. The van der Waals surface area contributed by atoms with Gasteiger partial charge in [0, 0.05) is 35.8 Å². The summed E-state index contributed by atoms with van der Waals surface area (Å²) in [5, 5.41) is 25.7. The second kappa shape index (κ2) is 12.5. The highest BCUT2D eigenvalue weighted by molar-refractivity contribution is 8.93. The number of hydrogen-bond acceptors (Lipinski definition) is 9. The average molecular weight is 642 g/mol. The largest absolute Gasteiger partial charge is 0.494 e. The van der Waals surface area contributed by atoms with Gasteiger partial charge in [-0.05, 0) is 52.6 Å². The van der Waals surface area contributed by atoms with Crippen molar-refractivity contribution in [2.45, 2.75) is 52.6 Å². The van der Waals surface area contributed by atoms with E-state index in [1.54, 1.807) is 11.9 Å². The lowest BCUT2D eigenvalue weighted by molar-refractivity contribution is -0.119. The summed E-state index contributed by atoms with van der Waals surface area (Å²) in [6, 6.07) is 7.52. The topological polar surface area (TPSA) is 149 Å². The van der Waals surface area contributed by atoms with E-state index in [0.717, 1.165) is 28.1 Å². The van der Waals surface area contributed by atoms with Gasteiger partial charge in [0.05, 0.1) is 38.3 Å². The van der Waals surface area contributed by atoms with Crippen molar-refractivity contribution in [3.63, 3.8) is 0 Å². The average Bonchev–Trinajstić information content (AvgIpc) is 3.55. The second-order valence-electron chi connectivity index (χ2n) is 11.3. The third kappa shape index (κ3) is 6.25. The summed E-state index contributed by atoms with van der Waals surface area (Å²) >= 11 is 0. The van der Waals surface area contributed by atoms with Crippen molar-refractivity contribution in [3.05, 3.63) is 57.9 Å². The molecule has 0 unspecified atom stereocenters. The number of aromatic nitrogens is 4. The lowest BCUT2D eigenvalue weighted by atomic mass is 9.84. The van der Waals surface area contributed by atoms with Crippen molar-refractivity contribution >= 4 is 40.2 Å². The quantitative estimate of drug-likeness (QED) is 0.300.